The minimum Gasteiger partial charge on any atom is -0.455 e. The first kappa shape index (κ1) is 17.2. The van der Waals surface area contributed by atoms with Crippen LogP contribution in [-0.4, -0.2) is 18.9 Å². The number of carbonyl (C=O) groups is 1. The molecule has 2 aromatic carbocycles. The number of amides is 1. The van der Waals surface area contributed by atoms with Gasteiger partial charge in [0.1, 0.15) is 11.5 Å². The molecule has 0 spiro atoms. The minimum absolute atomic E-state index is 0.158. The molecule has 0 saturated carbocycles. The van der Waals surface area contributed by atoms with Crippen molar-refractivity contribution in [3.05, 3.63) is 70.4 Å². The molecule has 2 heterocycles. The summed E-state index contributed by atoms with van der Waals surface area (Å²) in [4.78, 5) is 12.2. The van der Waals surface area contributed by atoms with Crippen LogP contribution in [0.4, 0.5) is 0 Å². The van der Waals surface area contributed by atoms with Crippen LogP contribution in [-0.2, 0) is 0 Å². The van der Waals surface area contributed by atoms with E-state index in [1.165, 1.54) is 6.21 Å². The van der Waals surface area contributed by atoms with Crippen LogP contribution in [0, 0.1) is 6.92 Å². The van der Waals surface area contributed by atoms with E-state index in [-0.39, 0.29) is 12.7 Å². The van der Waals surface area contributed by atoms with Crippen LogP contribution in [0.25, 0.3) is 11.3 Å². The van der Waals surface area contributed by atoms with Crippen LogP contribution in [0.5, 0.6) is 11.5 Å². The number of fused-ring (bicyclic) bond motifs is 1. The fourth-order valence-electron chi connectivity index (χ4n) is 2.68. The molecular weight excluding hydrogens is 368 g/mol. The number of hydrogen-bond acceptors (Lipinski definition) is 5. The Morgan fingerprint density at radius 1 is 1.11 bits per heavy atom. The molecule has 0 atom stereocenters. The lowest BCUT2D eigenvalue weighted by atomic mass is 10.1. The molecule has 136 valence electrons. The van der Waals surface area contributed by atoms with Crippen LogP contribution >= 0.6 is 11.6 Å². The predicted molar refractivity (Wildman–Crippen MR) is 102 cm³/mol. The van der Waals surface area contributed by atoms with E-state index in [1.807, 2.05) is 31.2 Å². The molecule has 1 N–H and O–H groups in total. The van der Waals surface area contributed by atoms with Gasteiger partial charge < -0.3 is 13.9 Å². The van der Waals surface area contributed by atoms with Gasteiger partial charge in [-0.05, 0) is 55.0 Å². The minimum atomic E-state index is -0.359. The first-order chi connectivity index (χ1) is 13.1. The summed E-state index contributed by atoms with van der Waals surface area (Å²) in [6, 6.07) is 14.2. The average molecular weight is 383 g/mol. The van der Waals surface area contributed by atoms with Gasteiger partial charge in [0.2, 0.25) is 6.79 Å². The number of nitrogens with zero attached hydrogens (tertiary/aromatic N) is 1. The summed E-state index contributed by atoms with van der Waals surface area (Å²) in [6.07, 6.45) is 1.44. The van der Waals surface area contributed by atoms with Crippen molar-refractivity contribution >= 4 is 23.7 Å². The number of rotatable bonds is 4. The number of carbonyl (C=O) groups excluding carboxylic acids is 1. The fourth-order valence-corrected chi connectivity index (χ4v) is 2.86. The van der Waals surface area contributed by atoms with Crippen molar-refractivity contribution in [3.63, 3.8) is 0 Å². The third kappa shape index (κ3) is 3.66. The number of nitrogens with one attached hydrogen (secondary N) is 1. The second-order valence-corrected chi connectivity index (χ2v) is 6.36. The largest absolute Gasteiger partial charge is 0.455 e. The standard InChI is InChI=1S/C20H15ClN2O4/c1-12-2-4-14(21)9-16(12)17-7-5-15(27-17)10-22-23-20(24)13-3-6-18-19(8-13)26-11-25-18/h2-10H,11H2,1H3,(H,23,24)/b22-10-. The van der Waals surface area contributed by atoms with Gasteiger partial charge in [-0.1, -0.05) is 17.7 Å². The zero-order chi connectivity index (χ0) is 18.8. The van der Waals surface area contributed by atoms with E-state index >= 15 is 0 Å². The van der Waals surface area contributed by atoms with Crippen LogP contribution in [0.1, 0.15) is 21.7 Å². The average Bonchev–Trinajstić information content (AvgIpc) is 3.32. The van der Waals surface area contributed by atoms with Gasteiger partial charge in [0.05, 0.1) is 6.21 Å². The number of benzene rings is 2. The Kier molecular flexibility index (Phi) is 4.56. The molecule has 0 bridgehead atoms. The molecule has 7 heteroatoms. The highest BCUT2D eigenvalue weighted by atomic mass is 35.5. The lowest BCUT2D eigenvalue weighted by molar-refractivity contribution is 0.0954. The van der Waals surface area contributed by atoms with Crippen molar-refractivity contribution in [2.75, 3.05) is 6.79 Å². The Labute approximate surface area is 160 Å². The monoisotopic (exact) mass is 382 g/mol. The number of hydrogen-bond donors (Lipinski definition) is 1. The summed E-state index contributed by atoms with van der Waals surface area (Å²) in [5.41, 5.74) is 4.84. The van der Waals surface area contributed by atoms with Gasteiger partial charge in [0.15, 0.2) is 11.5 Å². The molecule has 0 aliphatic carbocycles. The molecule has 1 amide bonds. The van der Waals surface area contributed by atoms with E-state index in [0.29, 0.717) is 33.6 Å². The van der Waals surface area contributed by atoms with Crippen molar-refractivity contribution in [1.82, 2.24) is 5.43 Å². The number of aryl methyl sites for hydroxylation is 1. The molecule has 3 aromatic rings. The van der Waals surface area contributed by atoms with Gasteiger partial charge in [0.25, 0.3) is 5.91 Å². The summed E-state index contributed by atoms with van der Waals surface area (Å²) in [5, 5.41) is 4.58. The molecular formula is C20H15ClN2O4. The Bertz CT molecular complexity index is 1040. The third-order valence-corrected chi connectivity index (χ3v) is 4.32. The topological polar surface area (TPSA) is 73.1 Å². The van der Waals surface area contributed by atoms with E-state index in [0.717, 1.165) is 11.1 Å². The van der Waals surface area contributed by atoms with Crippen molar-refractivity contribution in [2.24, 2.45) is 5.10 Å². The molecule has 1 aromatic heterocycles. The summed E-state index contributed by atoms with van der Waals surface area (Å²) < 4.78 is 16.2. The highest BCUT2D eigenvalue weighted by molar-refractivity contribution is 6.30. The highest BCUT2D eigenvalue weighted by Crippen LogP contribution is 2.32. The number of ether oxygens (including phenoxy) is 2. The van der Waals surface area contributed by atoms with E-state index in [2.05, 4.69) is 10.5 Å². The van der Waals surface area contributed by atoms with E-state index in [4.69, 9.17) is 25.5 Å². The van der Waals surface area contributed by atoms with E-state index in [1.54, 1.807) is 24.3 Å². The van der Waals surface area contributed by atoms with Gasteiger partial charge in [-0.25, -0.2) is 5.43 Å². The molecule has 4 rings (SSSR count). The lowest BCUT2D eigenvalue weighted by Gasteiger charge is -2.02. The molecule has 1 aliphatic rings. The maximum atomic E-state index is 12.2. The second kappa shape index (κ2) is 7.17. The second-order valence-electron chi connectivity index (χ2n) is 5.93. The maximum Gasteiger partial charge on any atom is 0.271 e. The summed E-state index contributed by atoms with van der Waals surface area (Å²) in [5.74, 6) is 1.99. The Morgan fingerprint density at radius 3 is 2.85 bits per heavy atom. The normalized spacial score (nSPS) is 12.5. The highest BCUT2D eigenvalue weighted by Gasteiger charge is 2.16. The molecule has 0 unspecified atom stereocenters. The molecule has 6 nitrogen and oxygen atoms in total. The van der Waals surface area contributed by atoms with Gasteiger partial charge in [-0.2, -0.15) is 5.10 Å². The van der Waals surface area contributed by atoms with Gasteiger partial charge >= 0.3 is 0 Å². The number of hydrazone groups is 1. The molecule has 0 saturated heterocycles. The smallest absolute Gasteiger partial charge is 0.271 e. The third-order valence-electron chi connectivity index (χ3n) is 4.08. The van der Waals surface area contributed by atoms with E-state index in [9.17, 15) is 4.79 Å². The van der Waals surface area contributed by atoms with Crippen molar-refractivity contribution in [3.8, 4) is 22.8 Å². The van der Waals surface area contributed by atoms with Gasteiger partial charge in [0, 0.05) is 16.1 Å². The Morgan fingerprint density at radius 2 is 1.96 bits per heavy atom. The van der Waals surface area contributed by atoms with Crippen molar-refractivity contribution in [2.45, 2.75) is 6.92 Å². The summed E-state index contributed by atoms with van der Waals surface area (Å²) in [7, 11) is 0. The number of furan rings is 1. The zero-order valence-electron chi connectivity index (χ0n) is 14.4. The van der Waals surface area contributed by atoms with Crippen LogP contribution in [0.15, 0.2) is 58.0 Å². The van der Waals surface area contributed by atoms with E-state index < -0.39 is 0 Å². The molecule has 0 fully saturated rings. The Balaban J connectivity index is 1.44. The zero-order valence-corrected chi connectivity index (χ0v) is 15.1. The first-order valence-corrected chi connectivity index (χ1v) is 8.57. The summed E-state index contributed by atoms with van der Waals surface area (Å²) in [6.45, 7) is 2.14. The molecule has 1 aliphatic heterocycles. The molecule has 27 heavy (non-hydrogen) atoms. The summed E-state index contributed by atoms with van der Waals surface area (Å²) >= 11 is 6.05. The van der Waals surface area contributed by atoms with Crippen LogP contribution in [0.2, 0.25) is 5.02 Å². The van der Waals surface area contributed by atoms with Crippen molar-refractivity contribution in [1.29, 1.82) is 0 Å². The lowest BCUT2D eigenvalue weighted by Crippen LogP contribution is -2.17. The van der Waals surface area contributed by atoms with Crippen molar-refractivity contribution < 1.29 is 18.7 Å². The fraction of sp³-hybridized carbons (Fsp3) is 0.100. The van der Waals surface area contributed by atoms with Gasteiger partial charge in [-0.15, -0.1) is 0 Å². The predicted octanol–water partition coefficient (Wildman–Crippen LogP) is 4.40. The van der Waals surface area contributed by atoms with Gasteiger partial charge in [-0.3, -0.25) is 4.79 Å². The van der Waals surface area contributed by atoms with Crippen LogP contribution < -0.4 is 14.9 Å². The maximum absolute atomic E-state index is 12.2. The van der Waals surface area contributed by atoms with Crippen LogP contribution in [0.3, 0.4) is 0 Å². The first-order valence-electron chi connectivity index (χ1n) is 8.19. The number of halogens is 1. The molecule has 0 radical (unpaired) electrons. The quantitative estimate of drug-likeness (QED) is 0.536. The Hall–Kier alpha value is -3.25. The SMILES string of the molecule is Cc1ccc(Cl)cc1-c1ccc(/C=N\NC(=O)c2ccc3c(c2)OCO3)o1.